The van der Waals surface area contributed by atoms with Gasteiger partial charge in [-0.1, -0.05) is 11.6 Å². The quantitative estimate of drug-likeness (QED) is 0.881. The van der Waals surface area contributed by atoms with Crippen molar-refractivity contribution in [3.8, 4) is 6.07 Å². The van der Waals surface area contributed by atoms with Crippen molar-refractivity contribution < 1.29 is 13.5 Å². The molecule has 2 atom stereocenters. The zero-order valence-electron chi connectivity index (χ0n) is 12.6. The molecule has 0 bridgehead atoms. The van der Waals surface area contributed by atoms with E-state index in [0.717, 1.165) is 5.56 Å². The first-order valence-corrected chi connectivity index (χ1v) is 10.1. The van der Waals surface area contributed by atoms with Gasteiger partial charge in [0.1, 0.15) is 11.0 Å². The number of sulfonamides is 1. The van der Waals surface area contributed by atoms with Crippen molar-refractivity contribution >= 4 is 33.0 Å². The summed E-state index contributed by atoms with van der Waals surface area (Å²) >= 11 is 7.39. The summed E-state index contributed by atoms with van der Waals surface area (Å²) in [5.41, 5.74) is 1.07. The lowest BCUT2D eigenvalue weighted by molar-refractivity contribution is 0.223. The van der Waals surface area contributed by atoms with E-state index in [1.165, 1.54) is 22.5 Å². The number of halogens is 1. The number of hydrogen-bond acceptors (Lipinski definition) is 5. The number of nitriles is 1. The lowest BCUT2D eigenvalue weighted by Gasteiger charge is -2.17. The lowest BCUT2D eigenvalue weighted by atomic mass is 9.92. The van der Waals surface area contributed by atoms with Crippen LogP contribution in [-0.4, -0.2) is 37.5 Å². The maximum Gasteiger partial charge on any atom is 0.244 e. The van der Waals surface area contributed by atoms with E-state index in [-0.39, 0.29) is 42.0 Å². The van der Waals surface area contributed by atoms with Crippen molar-refractivity contribution in [2.45, 2.75) is 10.8 Å². The van der Waals surface area contributed by atoms with Crippen LogP contribution in [-0.2, 0) is 10.0 Å². The Morgan fingerprint density at radius 2 is 2.17 bits per heavy atom. The maximum atomic E-state index is 13.0. The molecule has 0 aliphatic carbocycles. The molecule has 2 heterocycles. The average molecular weight is 383 g/mol. The number of aliphatic hydroxyl groups excluding tert-OH is 1. The topological polar surface area (TPSA) is 81.4 Å². The van der Waals surface area contributed by atoms with Gasteiger partial charge in [0.05, 0.1) is 5.56 Å². The summed E-state index contributed by atoms with van der Waals surface area (Å²) in [6.07, 6.45) is 0. The summed E-state index contributed by atoms with van der Waals surface area (Å²) in [5.74, 6) is -0.207. The zero-order chi connectivity index (χ0) is 17.3. The molecule has 1 aromatic heterocycles. The molecule has 1 N–H and O–H groups in total. The summed E-state index contributed by atoms with van der Waals surface area (Å²) in [5, 5.41) is 23.1. The van der Waals surface area contributed by atoms with Gasteiger partial charge in [0.15, 0.2) is 0 Å². The fraction of sp³-hybridized carbons (Fsp3) is 0.312. The van der Waals surface area contributed by atoms with Crippen molar-refractivity contribution in [1.29, 1.82) is 5.26 Å². The van der Waals surface area contributed by atoms with E-state index in [1.54, 1.807) is 11.3 Å². The highest BCUT2D eigenvalue weighted by atomic mass is 35.5. The summed E-state index contributed by atoms with van der Waals surface area (Å²) < 4.78 is 27.3. The summed E-state index contributed by atoms with van der Waals surface area (Å²) in [7, 11) is -3.82. The molecule has 126 valence electrons. The molecule has 0 radical (unpaired) electrons. The second kappa shape index (κ2) is 6.82. The minimum Gasteiger partial charge on any atom is -0.396 e. The highest BCUT2D eigenvalue weighted by molar-refractivity contribution is 7.89. The molecule has 1 saturated heterocycles. The molecule has 0 amide bonds. The Bertz CT molecular complexity index is 875. The largest absolute Gasteiger partial charge is 0.396 e. The van der Waals surface area contributed by atoms with E-state index in [9.17, 15) is 18.8 Å². The highest BCUT2D eigenvalue weighted by Gasteiger charge is 2.40. The third-order valence-electron chi connectivity index (χ3n) is 4.29. The third kappa shape index (κ3) is 3.08. The van der Waals surface area contributed by atoms with Crippen molar-refractivity contribution in [3.63, 3.8) is 0 Å². The van der Waals surface area contributed by atoms with E-state index in [1.807, 2.05) is 22.9 Å². The van der Waals surface area contributed by atoms with Gasteiger partial charge in [0, 0.05) is 36.6 Å². The predicted octanol–water partition coefficient (Wildman–Crippen LogP) is 2.67. The predicted molar refractivity (Wildman–Crippen MR) is 92.6 cm³/mol. The van der Waals surface area contributed by atoms with Crippen molar-refractivity contribution in [1.82, 2.24) is 4.31 Å². The number of hydrogen-bond donors (Lipinski definition) is 1. The van der Waals surface area contributed by atoms with E-state index >= 15 is 0 Å². The van der Waals surface area contributed by atoms with Crippen LogP contribution in [0.5, 0.6) is 0 Å². The molecule has 1 aromatic carbocycles. The molecule has 0 unspecified atom stereocenters. The maximum absolute atomic E-state index is 13.0. The van der Waals surface area contributed by atoms with Gasteiger partial charge in [0.25, 0.3) is 0 Å². The Kier molecular flexibility index (Phi) is 4.95. The number of nitrogens with zero attached hydrogens (tertiary/aromatic N) is 2. The van der Waals surface area contributed by atoms with Gasteiger partial charge in [-0.3, -0.25) is 0 Å². The molecule has 1 aliphatic heterocycles. The molecule has 0 spiro atoms. The van der Waals surface area contributed by atoms with Crippen molar-refractivity contribution in [2.75, 3.05) is 19.7 Å². The van der Waals surface area contributed by atoms with Crippen molar-refractivity contribution in [3.05, 3.63) is 51.2 Å². The van der Waals surface area contributed by atoms with Gasteiger partial charge in [-0.15, -0.1) is 0 Å². The van der Waals surface area contributed by atoms with Gasteiger partial charge in [-0.25, -0.2) is 8.42 Å². The Balaban J connectivity index is 1.96. The first-order valence-electron chi connectivity index (χ1n) is 7.30. The second-order valence-corrected chi connectivity index (χ2v) is 8.80. The van der Waals surface area contributed by atoms with E-state index < -0.39 is 10.0 Å². The normalized spacial score (nSPS) is 21.7. The van der Waals surface area contributed by atoms with Gasteiger partial charge < -0.3 is 5.11 Å². The SMILES string of the molecule is N#Cc1cc(Cl)ccc1S(=O)(=O)N1C[C@@H](CO)[C@H](c2ccsc2)C1. The fourth-order valence-electron chi connectivity index (χ4n) is 3.03. The molecule has 1 fully saturated rings. The molecule has 0 saturated carbocycles. The Morgan fingerprint density at radius 1 is 1.38 bits per heavy atom. The van der Waals surface area contributed by atoms with Crippen LogP contribution in [0, 0.1) is 17.2 Å². The standard InChI is InChI=1S/C16H15ClN2O3S2/c17-14-1-2-16(12(5-14)6-18)24(21,22)19-7-13(9-20)15(8-19)11-3-4-23-10-11/h1-5,10,13,15,20H,7-9H2/t13-,15-/m0/s1. The third-order valence-corrected chi connectivity index (χ3v) is 7.12. The molecule has 3 rings (SSSR count). The molecule has 8 heteroatoms. The van der Waals surface area contributed by atoms with E-state index in [0.29, 0.717) is 5.02 Å². The zero-order valence-corrected chi connectivity index (χ0v) is 15.0. The van der Waals surface area contributed by atoms with Crippen molar-refractivity contribution in [2.24, 2.45) is 5.92 Å². The summed E-state index contributed by atoms with van der Waals surface area (Å²) in [6, 6.07) is 8.03. The first kappa shape index (κ1) is 17.4. The van der Waals surface area contributed by atoms with Gasteiger partial charge in [0.2, 0.25) is 10.0 Å². The van der Waals surface area contributed by atoms with Crippen LogP contribution in [0.2, 0.25) is 5.02 Å². The second-order valence-electron chi connectivity index (χ2n) is 5.68. The van der Waals surface area contributed by atoms with Crippen LogP contribution in [0.1, 0.15) is 17.0 Å². The fourth-order valence-corrected chi connectivity index (χ4v) is 5.57. The number of aliphatic hydroxyl groups is 1. The number of thiophene rings is 1. The summed E-state index contributed by atoms with van der Waals surface area (Å²) in [4.78, 5) is -0.0444. The molecule has 5 nitrogen and oxygen atoms in total. The van der Waals surface area contributed by atoms with Crippen LogP contribution in [0.4, 0.5) is 0 Å². The Hall–Kier alpha value is -1.43. The smallest absolute Gasteiger partial charge is 0.244 e. The van der Waals surface area contributed by atoms with Gasteiger partial charge in [-0.2, -0.15) is 20.9 Å². The van der Waals surface area contributed by atoms with Crippen LogP contribution in [0.3, 0.4) is 0 Å². The minimum atomic E-state index is -3.82. The Morgan fingerprint density at radius 3 is 2.79 bits per heavy atom. The molecule has 2 aromatic rings. The molecule has 1 aliphatic rings. The van der Waals surface area contributed by atoms with Crippen LogP contribution < -0.4 is 0 Å². The minimum absolute atomic E-state index is 0.0297. The highest BCUT2D eigenvalue weighted by Crippen LogP contribution is 2.37. The molecular weight excluding hydrogens is 368 g/mol. The molecular formula is C16H15ClN2O3S2. The first-order chi connectivity index (χ1) is 11.5. The number of benzene rings is 1. The average Bonchev–Trinajstić information content (AvgIpc) is 3.23. The number of rotatable bonds is 4. The van der Waals surface area contributed by atoms with Crippen LogP contribution in [0.25, 0.3) is 0 Å². The molecule has 24 heavy (non-hydrogen) atoms. The Labute approximate surface area is 149 Å². The van der Waals surface area contributed by atoms with Gasteiger partial charge in [-0.05, 0) is 40.6 Å². The monoisotopic (exact) mass is 382 g/mol. The van der Waals surface area contributed by atoms with Gasteiger partial charge >= 0.3 is 0 Å². The lowest BCUT2D eigenvalue weighted by Crippen LogP contribution is -2.30. The summed E-state index contributed by atoms with van der Waals surface area (Å²) in [6.45, 7) is 0.433. The van der Waals surface area contributed by atoms with E-state index in [4.69, 9.17) is 11.6 Å². The van der Waals surface area contributed by atoms with Crippen LogP contribution >= 0.6 is 22.9 Å². The van der Waals surface area contributed by atoms with E-state index in [2.05, 4.69) is 0 Å². The van der Waals surface area contributed by atoms with Crippen LogP contribution in [0.15, 0.2) is 39.9 Å².